The molecule has 1 amide bonds. The molecule has 5 heteroatoms. The molecule has 96 valence electrons. The second-order valence-corrected chi connectivity index (χ2v) is 4.13. The molecule has 1 heterocycles. The Labute approximate surface area is 103 Å². The lowest BCUT2D eigenvalue weighted by atomic mass is 10.3. The lowest BCUT2D eigenvalue weighted by Gasteiger charge is -2.20. The van der Waals surface area contributed by atoms with Crippen LogP contribution in [0.15, 0.2) is 12.5 Å². The molecule has 0 saturated heterocycles. The van der Waals surface area contributed by atoms with Gasteiger partial charge in [-0.25, -0.2) is 4.98 Å². The van der Waals surface area contributed by atoms with Gasteiger partial charge in [0.2, 0.25) is 5.91 Å². The highest BCUT2D eigenvalue weighted by atomic mass is 16.2. The van der Waals surface area contributed by atoms with E-state index in [4.69, 9.17) is 0 Å². The molecule has 1 aromatic rings. The highest BCUT2D eigenvalue weighted by Gasteiger charge is 2.15. The normalized spacial score (nSPS) is 12.5. The van der Waals surface area contributed by atoms with E-state index >= 15 is 0 Å². The molecule has 5 nitrogen and oxygen atoms in total. The number of carbonyl (C=O) groups excluding carboxylic acids is 1. The van der Waals surface area contributed by atoms with E-state index in [2.05, 4.69) is 21.8 Å². The minimum absolute atomic E-state index is 0.120. The largest absolute Gasteiger partial charge is 0.345 e. The number of carbonyl (C=O) groups is 1. The van der Waals surface area contributed by atoms with E-state index in [1.165, 1.54) is 0 Å². The van der Waals surface area contributed by atoms with Crippen LogP contribution in [0.25, 0.3) is 0 Å². The quantitative estimate of drug-likeness (QED) is 0.799. The molecule has 1 N–H and O–H groups in total. The summed E-state index contributed by atoms with van der Waals surface area (Å²) < 4.78 is 2.06. The van der Waals surface area contributed by atoms with Crippen molar-refractivity contribution in [3.63, 3.8) is 0 Å². The number of hydrogen-bond acceptors (Lipinski definition) is 3. The number of nitrogens with one attached hydrogen (secondary N) is 1. The third-order valence-corrected chi connectivity index (χ3v) is 2.95. The van der Waals surface area contributed by atoms with Crippen LogP contribution in [0.5, 0.6) is 0 Å². The summed E-state index contributed by atoms with van der Waals surface area (Å²) in [7, 11) is 1.82. The average molecular weight is 238 g/mol. The van der Waals surface area contributed by atoms with Crippen LogP contribution in [0.3, 0.4) is 0 Å². The number of imidazole rings is 1. The minimum Gasteiger partial charge on any atom is -0.345 e. The number of amides is 1. The molecular weight excluding hydrogens is 216 g/mol. The zero-order valence-electron chi connectivity index (χ0n) is 11.1. The van der Waals surface area contributed by atoms with Gasteiger partial charge in [0.15, 0.2) is 0 Å². The summed E-state index contributed by atoms with van der Waals surface area (Å²) in [5.74, 6) is 0.120. The summed E-state index contributed by atoms with van der Waals surface area (Å²) in [6, 6.07) is -0.167. The second kappa shape index (κ2) is 6.39. The SMILES string of the molecule is CCN(C)C(=O)C(C)NCc1cncn1CC. The van der Waals surface area contributed by atoms with E-state index in [1.54, 1.807) is 4.90 Å². The maximum Gasteiger partial charge on any atom is 0.239 e. The lowest BCUT2D eigenvalue weighted by Crippen LogP contribution is -2.42. The van der Waals surface area contributed by atoms with E-state index in [0.29, 0.717) is 6.54 Å². The van der Waals surface area contributed by atoms with Crippen LogP contribution >= 0.6 is 0 Å². The first kappa shape index (κ1) is 13.7. The van der Waals surface area contributed by atoms with Gasteiger partial charge >= 0.3 is 0 Å². The van der Waals surface area contributed by atoms with Crippen molar-refractivity contribution >= 4 is 5.91 Å². The summed E-state index contributed by atoms with van der Waals surface area (Å²) in [6.07, 6.45) is 3.64. The number of rotatable bonds is 6. The van der Waals surface area contributed by atoms with E-state index in [1.807, 2.05) is 33.4 Å². The topological polar surface area (TPSA) is 50.2 Å². The van der Waals surface area contributed by atoms with E-state index in [-0.39, 0.29) is 11.9 Å². The van der Waals surface area contributed by atoms with Gasteiger partial charge in [0.25, 0.3) is 0 Å². The number of hydrogen-bond donors (Lipinski definition) is 1. The van der Waals surface area contributed by atoms with Crippen LogP contribution in [0, 0.1) is 0 Å². The zero-order chi connectivity index (χ0) is 12.8. The van der Waals surface area contributed by atoms with Gasteiger partial charge in [0, 0.05) is 32.9 Å². The predicted octanol–water partition coefficient (Wildman–Crippen LogP) is 0.859. The molecule has 0 aliphatic rings. The van der Waals surface area contributed by atoms with Crippen LogP contribution in [0.4, 0.5) is 0 Å². The van der Waals surface area contributed by atoms with Crippen molar-refractivity contribution in [1.82, 2.24) is 19.8 Å². The molecule has 0 aliphatic heterocycles. The summed E-state index contributed by atoms with van der Waals surface area (Å²) in [5, 5.41) is 3.22. The molecule has 0 aromatic carbocycles. The molecule has 17 heavy (non-hydrogen) atoms. The van der Waals surface area contributed by atoms with Gasteiger partial charge in [-0.3, -0.25) is 4.79 Å². The van der Waals surface area contributed by atoms with Crippen LogP contribution in [0.1, 0.15) is 26.5 Å². The fourth-order valence-electron chi connectivity index (χ4n) is 1.61. The zero-order valence-corrected chi connectivity index (χ0v) is 11.1. The molecule has 1 atom stereocenters. The van der Waals surface area contributed by atoms with Gasteiger partial charge < -0.3 is 14.8 Å². The predicted molar refractivity (Wildman–Crippen MR) is 67.5 cm³/mol. The molecule has 1 unspecified atom stereocenters. The van der Waals surface area contributed by atoms with Crippen molar-refractivity contribution in [2.75, 3.05) is 13.6 Å². The van der Waals surface area contributed by atoms with Crippen LogP contribution in [0.2, 0.25) is 0 Å². The fourth-order valence-corrected chi connectivity index (χ4v) is 1.61. The van der Waals surface area contributed by atoms with Crippen molar-refractivity contribution in [3.8, 4) is 0 Å². The molecule has 0 bridgehead atoms. The van der Waals surface area contributed by atoms with Gasteiger partial charge in [-0.15, -0.1) is 0 Å². The third-order valence-electron chi connectivity index (χ3n) is 2.95. The van der Waals surface area contributed by atoms with Crippen LogP contribution in [-0.2, 0) is 17.9 Å². The maximum atomic E-state index is 11.8. The molecule has 0 aliphatic carbocycles. The highest BCUT2D eigenvalue weighted by Crippen LogP contribution is 2.00. The van der Waals surface area contributed by atoms with Crippen molar-refractivity contribution in [1.29, 1.82) is 0 Å². The Kier molecular flexibility index (Phi) is 5.15. The Hall–Kier alpha value is -1.36. The van der Waals surface area contributed by atoms with Gasteiger partial charge in [0.05, 0.1) is 18.1 Å². The Balaban J connectivity index is 2.48. The Morgan fingerprint density at radius 2 is 2.29 bits per heavy atom. The Bertz CT molecular complexity index is 361. The highest BCUT2D eigenvalue weighted by molar-refractivity contribution is 5.81. The van der Waals surface area contributed by atoms with Crippen molar-refractivity contribution in [2.45, 2.75) is 39.9 Å². The molecule has 0 spiro atoms. The molecule has 1 rings (SSSR count). The number of aryl methyl sites for hydroxylation is 1. The number of nitrogens with zero attached hydrogens (tertiary/aromatic N) is 3. The third kappa shape index (κ3) is 3.56. The van der Waals surface area contributed by atoms with E-state index in [0.717, 1.165) is 18.8 Å². The number of aromatic nitrogens is 2. The first-order valence-corrected chi connectivity index (χ1v) is 6.07. The van der Waals surface area contributed by atoms with Crippen molar-refractivity contribution < 1.29 is 4.79 Å². The van der Waals surface area contributed by atoms with Gasteiger partial charge in [-0.2, -0.15) is 0 Å². The molecule has 0 fully saturated rings. The molecule has 0 radical (unpaired) electrons. The van der Waals surface area contributed by atoms with E-state index < -0.39 is 0 Å². The van der Waals surface area contributed by atoms with Gasteiger partial charge in [-0.1, -0.05) is 0 Å². The minimum atomic E-state index is -0.167. The lowest BCUT2D eigenvalue weighted by molar-refractivity contribution is -0.131. The van der Waals surface area contributed by atoms with Gasteiger partial charge in [0.1, 0.15) is 0 Å². The smallest absolute Gasteiger partial charge is 0.239 e. The second-order valence-electron chi connectivity index (χ2n) is 4.13. The fraction of sp³-hybridized carbons (Fsp3) is 0.667. The summed E-state index contributed by atoms with van der Waals surface area (Å²) in [5.41, 5.74) is 1.10. The van der Waals surface area contributed by atoms with Crippen molar-refractivity contribution in [2.24, 2.45) is 0 Å². The molecule has 0 saturated carbocycles. The first-order chi connectivity index (χ1) is 8.10. The summed E-state index contributed by atoms with van der Waals surface area (Å²) in [6.45, 7) is 8.23. The number of likely N-dealkylation sites (N-methyl/N-ethyl adjacent to an activating group) is 1. The molecule has 1 aromatic heterocycles. The van der Waals surface area contributed by atoms with Crippen LogP contribution in [-0.4, -0.2) is 40.0 Å². The maximum absolute atomic E-state index is 11.8. The van der Waals surface area contributed by atoms with E-state index in [9.17, 15) is 4.79 Å². The Morgan fingerprint density at radius 3 is 2.88 bits per heavy atom. The summed E-state index contributed by atoms with van der Waals surface area (Å²) in [4.78, 5) is 17.6. The summed E-state index contributed by atoms with van der Waals surface area (Å²) >= 11 is 0. The van der Waals surface area contributed by atoms with Gasteiger partial charge in [-0.05, 0) is 20.8 Å². The Morgan fingerprint density at radius 1 is 1.59 bits per heavy atom. The van der Waals surface area contributed by atoms with Crippen molar-refractivity contribution in [3.05, 3.63) is 18.2 Å². The first-order valence-electron chi connectivity index (χ1n) is 6.07. The monoisotopic (exact) mass is 238 g/mol. The average Bonchev–Trinajstić information content (AvgIpc) is 2.81. The molecular formula is C12H22N4O. The van der Waals surface area contributed by atoms with Crippen LogP contribution < -0.4 is 5.32 Å². The standard InChI is InChI=1S/C12H22N4O/c1-5-15(4)12(17)10(3)14-8-11-7-13-9-16(11)6-2/h7,9-10,14H,5-6,8H2,1-4H3.